The highest BCUT2D eigenvalue weighted by Gasteiger charge is 2.08. The summed E-state index contributed by atoms with van der Waals surface area (Å²) in [6, 6.07) is 15.4. The van der Waals surface area contributed by atoms with Crippen LogP contribution in [0.25, 0.3) is 10.9 Å². The lowest BCUT2D eigenvalue weighted by Gasteiger charge is -2.11. The minimum Gasteiger partial charge on any atom is -0.292 e. The van der Waals surface area contributed by atoms with Gasteiger partial charge in [-0.2, -0.15) is 0 Å². The highest BCUT2D eigenvalue weighted by atomic mass is 79.9. The predicted octanol–water partition coefficient (Wildman–Crippen LogP) is 3.52. The van der Waals surface area contributed by atoms with Crippen LogP contribution in [0.4, 0.5) is 0 Å². The van der Waals surface area contributed by atoms with Gasteiger partial charge in [-0.05, 0) is 36.8 Å². The molecule has 0 atom stereocenters. The Morgan fingerprint density at radius 1 is 1.15 bits per heavy atom. The Balaban J connectivity index is 2.14. The van der Waals surface area contributed by atoms with Gasteiger partial charge in [0.05, 0.1) is 17.4 Å². The van der Waals surface area contributed by atoms with Gasteiger partial charge in [-0.1, -0.05) is 40.2 Å². The van der Waals surface area contributed by atoms with E-state index in [2.05, 4.69) is 20.9 Å². The number of aryl methyl sites for hydroxylation is 1. The van der Waals surface area contributed by atoms with Crippen LogP contribution in [0.2, 0.25) is 0 Å². The van der Waals surface area contributed by atoms with Crippen molar-refractivity contribution in [2.45, 2.75) is 13.5 Å². The standard InChI is InChI=1S/C16H13BrN2O/c1-11-18-15-8-3-2-7-14(15)16(20)19(11)10-12-5-4-6-13(17)9-12/h2-9H,10H2,1H3. The van der Waals surface area contributed by atoms with Crippen molar-refractivity contribution >= 4 is 26.8 Å². The van der Waals surface area contributed by atoms with Gasteiger partial charge in [-0.25, -0.2) is 4.98 Å². The summed E-state index contributed by atoms with van der Waals surface area (Å²) in [5, 5.41) is 0.660. The van der Waals surface area contributed by atoms with Crippen LogP contribution in [0.15, 0.2) is 57.8 Å². The summed E-state index contributed by atoms with van der Waals surface area (Å²) in [4.78, 5) is 17.1. The molecule has 0 aliphatic heterocycles. The van der Waals surface area contributed by atoms with Gasteiger partial charge in [-0.15, -0.1) is 0 Å². The van der Waals surface area contributed by atoms with Gasteiger partial charge in [0.1, 0.15) is 5.82 Å². The molecule has 100 valence electrons. The monoisotopic (exact) mass is 328 g/mol. The first-order valence-corrected chi connectivity index (χ1v) is 7.15. The van der Waals surface area contributed by atoms with Crippen molar-refractivity contribution in [3.05, 3.63) is 74.7 Å². The summed E-state index contributed by atoms with van der Waals surface area (Å²) in [5.41, 5.74) is 1.83. The molecular formula is C16H13BrN2O. The SMILES string of the molecule is Cc1nc2ccccc2c(=O)n1Cc1cccc(Br)c1. The Morgan fingerprint density at radius 2 is 1.95 bits per heavy atom. The molecular weight excluding hydrogens is 316 g/mol. The number of fused-ring (bicyclic) bond motifs is 1. The van der Waals surface area contributed by atoms with E-state index in [-0.39, 0.29) is 5.56 Å². The first kappa shape index (κ1) is 13.1. The number of rotatable bonds is 2. The van der Waals surface area contributed by atoms with Crippen molar-refractivity contribution in [1.29, 1.82) is 0 Å². The van der Waals surface area contributed by atoms with Crippen molar-refractivity contribution in [2.24, 2.45) is 0 Å². The maximum absolute atomic E-state index is 12.5. The normalized spacial score (nSPS) is 10.9. The Kier molecular flexibility index (Phi) is 3.40. The molecule has 0 N–H and O–H groups in total. The molecule has 0 radical (unpaired) electrons. The fourth-order valence-corrected chi connectivity index (χ4v) is 2.73. The summed E-state index contributed by atoms with van der Waals surface area (Å²) in [6.07, 6.45) is 0. The number of hydrogen-bond acceptors (Lipinski definition) is 2. The first-order valence-electron chi connectivity index (χ1n) is 6.36. The molecule has 20 heavy (non-hydrogen) atoms. The molecule has 0 spiro atoms. The second-order valence-electron chi connectivity index (χ2n) is 4.70. The zero-order valence-corrected chi connectivity index (χ0v) is 12.6. The summed E-state index contributed by atoms with van der Waals surface area (Å²) in [6.45, 7) is 2.40. The third kappa shape index (κ3) is 2.39. The van der Waals surface area contributed by atoms with Gasteiger partial charge < -0.3 is 0 Å². The lowest BCUT2D eigenvalue weighted by atomic mass is 10.2. The summed E-state index contributed by atoms with van der Waals surface area (Å²) < 4.78 is 2.72. The van der Waals surface area contributed by atoms with E-state index in [1.165, 1.54) is 0 Å². The highest BCUT2D eigenvalue weighted by Crippen LogP contribution is 2.14. The van der Waals surface area contributed by atoms with Crippen LogP contribution in [0, 0.1) is 6.92 Å². The number of benzene rings is 2. The summed E-state index contributed by atoms with van der Waals surface area (Å²) in [7, 11) is 0. The maximum atomic E-state index is 12.5. The van der Waals surface area contributed by atoms with Crippen LogP contribution >= 0.6 is 15.9 Å². The number of para-hydroxylation sites is 1. The van der Waals surface area contributed by atoms with E-state index in [4.69, 9.17) is 0 Å². The molecule has 3 nitrogen and oxygen atoms in total. The van der Waals surface area contributed by atoms with E-state index in [0.717, 1.165) is 21.4 Å². The van der Waals surface area contributed by atoms with Crippen molar-refractivity contribution in [2.75, 3.05) is 0 Å². The molecule has 1 heterocycles. The Hall–Kier alpha value is -1.94. The molecule has 0 saturated heterocycles. The van der Waals surface area contributed by atoms with Crippen LogP contribution in [-0.2, 0) is 6.54 Å². The lowest BCUT2D eigenvalue weighted by molar-refractivity contribution is 0.712. The van der Waals surface area contributed by atoms with Crippen molar-refractivity contribution in [1.82, 2.24) is 9.55 Å². The van der Waals surface area contributed by atoms with Crippen LogP contribution in [0.3, 0.4) is 0 Å². The molecule has 0 amide bonds. The molecule has 1 aromatic heterocycles. The number of halogens is 1. The van der Waals surface area contributed by atoms with Gasteiger partial charge in [0, 0.05) is 4.47 Å². The molecule has 0 unspecified atom stereocenters. The molecule has 0 aliphatic carbocycles. The van der Waals surface area contributed by atoms with Gasteiger partial charge in [-0.3, -0.25) is 9.36 Å². The van der Waals surface area contributed by atoms with Gasteiger partial charge in [0.25, 0.3) is 5.56 Å². The number of nitrogens with zero attached hydrogens (tertiary/aromatic N) is 2. The summed E-state index contributed by atoms with van der Waals surface area (Å²) >= 11 is 3.45. The highest BCUT2D eigenvalue weighted by molar-refractivity contribution is 9.10. The zero-order chi connectivity index (χ0) is 14.1. The van der Waals surface area contributed by atoms with E-state index in [1.807, 2.05) is 55.5 Å². The van der Waals surface area contributed by atoms with Crippen LogP contribution < -0.4 is 5.56 Å². The third-order valence-corrected chi connectivity index (χ3v) is 3.78. The topological polar surface area (TPSA) is 34.9 Å². The number of aromatic nitrogens is 2. The van der Waals surface area contributed by atoms with Gasteiger partial charge >= 0.3 is 0 Å². The lowest BCUT2D eigenvalue weighted by Crippen LogP contribution is -2.24. The minimum atomic E-state index is 0.00748. The van der Waals surface area contributed by atoms with Crippen molar-refractivity contribution in [3.63, 3.8) is 0 Å². The summed E-state index contributed by atoms with van der Waals surface area (Å²) in [5.74, 6) is 0.730. The molecule has 0 aliphatic rings. The fraction of sp³-hybridized carbons (Fsp3) is 0.125. The van der Waals surface area contributed by atoms with Gasteiger partial charge in [0.2, 0.25) is 0 Å². The molecule has 0 saturated carbocycles. The van der Waals surface area contributed by atoms with E-state index >= 15 is 0 Å². The second kappa shape index (κ2) is 5.21. The Morgan fingerprint density at radius 3 is 2.75 bits per heavy atom. The van der Waals surface area contributed by atoms with E-state index in [9.17, 15) is 4.79 Å². The maximum Gasteiger partial charge on any atom is 0.261 e. The van der Waals surface area contributed by atoms with Crippen molar-refractivity contribution < 1.29 is 0 Å². The Labute approximate surface area is 125 Å². The second-order valence-corrected chi connectivity index (χ2v) is 5.61. The Bertz CT molecular complexity index is 839. The molecule has 0 fully saturated rings. The van der Waals surface area contributed by atoms with E-state index < -0.39 is 0 Å². The quantitative estimate of drug-likeness (QED) is 0.721. The van der Waals surface area contributed by atoms with Crippen LogP contribution in [0.5, 0.6) is 0 Å². The predicted molar refractivity (Wildman–Crippen MR) is 84.0 cm³/mol. The smallest absolute Gasteiger partial charge is 0.261 e. The minimum absolute atomic E-state index is 0.00748. The molecule has 0 bridgehead atoms. The zero-order valence-electron chi connectivity index (χ0n) is 11.0. The average Bonchev–Trinajstić information content (AvgIpc) is 2.43. The molecule has 3 aromatic rings. The van der Waals surface area contributed by atoms with Crippen LogP contribution in [0.1, 0.15) is 11.4 Å². The average molecular weight is 329 g/mol. The van der Waals surface area contributed by atoms with Crippen LogP contribution in [-0.4, -0.2) is 9.55 Å². The molecule has 4 heteroatoms. The number of hydrogen-bond donors (Lipinski definition) is 0. The largest absolute Gasteiger partial charge is 0.292 e. The first-order chi connectivity index (χ1) is 9.65. The molecule has 2 aromatic carbocycles. The fourth-order valence-electron chi connectivity index (χ4n) is 2.28. The van der Waals surface area contributed by atoms with E-state index in [0.29, 0.717) is 11.9 Å². The van der Waals surface area contributed by atoms with Gasteiger partial charge in [0.15, 0.2) is 0 Å². The van der Waals surface area contributed by atoms with E-state index in [1.54, 1.807) is 4.57 Å². The molecule has 3 rings (SSSR count). The third-order valence-electron chi connectivity index (χ3n) is 3.28. The van der Waals surface area contributed by atoms with Crippen molar-refractivity contribution in [3.8, 4) is 0 Å².